The van der Waals surface area contributed by atoms with E-state index in [9.17, 15) is 0 Å². The molecule has 0 aliphatic carbocycles. The molecule has 0 aromatic rings. The van der Waals surface area contributed by atoms with Crippen LogP contribution in [0.25, 0.3) is 0 Å². The van der Waals surface area contributed by atoms with Crippen LogP contribution in [0.5, 0.6) is 0 Å². The summed E-state index contributed by atoms with van der Waals surface area (Å²) in [5, 5.41) is 0.953. The predicted octanol–water partition coefficient (Wildman–Crippen LogP) is 3.00. The van der Waals surface area contributed by atoms with Crippen molar-refractivity contribution < 1.29 is 0 Å². The van der Waals surface area contributed by atoms with E-state index in [1.807, 2.05) is 35.3 Å². The maximum Gasteiger partial charge on any atom is 0.0362 e. The van der Waals surface area contributed by atoms with Gasteiger partial charge in [-0.25, -0.2) is 0 Å². The standard InChI is InChI=1S/C7H16S5/c8-1-2-10-3-4-11-5-6-12-7-9/h8-9H,1-7H2. The Morgan fingerprint density at radius 1 is 0.667 bits per heavy atom. The van der Waals surface area contributed by atoms with Gasteiger partial charge in [0, 0.05) is 33.8 Å². The molecular weight excluding hydrogens is 244 g/mol. The molecule has 0 heterocycles. The zero-order valence-corrected chi connectivity index (χ0v) is 11.3. The molecule has 0 aromatic carbocycles. The van der Waals surface area contributed by atoms with Crippen LogP contribution in [0.4, 0.5) is 0 Å². The smallest absolute Gasteiger partial charge is 0.0362 e. The lowest BCUT2D eigenvalue weighted by molar-refractivity contribution is 1.47. The second-order valence-corrected chi connectivity index (χ2v) is 6.73. The van der Waals surface area contributed by atoms with Gasteiger partial charge in [0.05, 0.1) is 0 Å². The van der Waals surface area contributed by atoms with E-state index in [4.69, 9.17) is 0 Å². The van der Waals surface area contributed by atoms with Gasteiger partial charge in [0.2, 0.25) is 0 Å². The Kier molecular flexibility index (Phi) is 14.6. The zero-order chi connectivity index (χ0) is 9.07. The summed E-state index contributed by atoms with van der Waals surface area (Å²) in [4.78, 5) is 0. The summed E-state index contributed by atoms with van der Waals surface area (Å²) in [6.07, 6.45) is 0. The minimum Gasteiger partial charge on any atom is -0.179 e. The minimum atomic E-state index is 0.953. The average molecular weight is 261 g/mol. The lowest BCUT2D eigenvalue weighted by atomic mass is 10.9. The number of thiol groups is 2. The maximum atomic E-state index is 4.15. The van der Waals surface area contributed by atoms with Crippen molar-refractivity contribution in [1.29, 1.82) is 0 Å². The van der Waals surface area contributed by atoms with E-state index in [1.54, 1.807) is 0 Å². The van der Waals surface area contributed by atoms with E-state index >= 15 is 0 Å². The highest BCUT2D eigenvalue weighted by Crippen LogP contribution is 2.10. The Morgan fingerprint density at radius 2 is 1.17 bits per heavy atom. The van der Waals surface area contributed by atoms with Crippen molar-refractivity contribution in [3.8, 4) is 0 Å². The quantitative estimate of drug-likeness (QED) is 0.372. The summed E-state index contributed by atoms with van der Waals surface area (Å²) in [6.45, 7) is 0. The number of thioether (sulfide) groups is 3. The van der Waals surface area contributed by atoms with E-state index in [0.29, 0.717) is 0 Å². The van der Waals surface area contributed by atoms with Gasteiger partial charge >= 0.3 is 0 Å². The predicted molar refractivity (Wildman–Crippen MR) is 74.8 cm³/mol. The molecule has 12 heavy (non-hydrogen) atoms. The summed E-state index contributed by atoms with van der Waals surface area (Å²) < 4.78 is 0. The first kappa shape index (κ1) is 13.8. The SMILES string of the molecule is SCCSCCSCCSCS. The molecule has 0 fully saturated rings. The molecule has 0 saturated carbocycles. The van der Waals surface area contributed by atoms with Crippen LogP contribution in [-0.4, -0.2) is 39.6 Å². The maximum absolute atomic E-state index is 4.15. The molecule has 0 nitrogen and oxygen atoms in total. The van der Waals surface area contributed by atoms with E-state index in [-0.39, 0.29) is 0 Å². The summed E-state index contributed by atoms with van der Waals surface area (Å²) in [5.41, 5.74) is 0. The van der Waals surface area contributed by atoms with Crippen LogP contribution in [0.3, 0.4) is 0 Å². The second kappa shape index (κ2) is 12.8. The highest BCUT2D eigenvalue weighted by atomic mass is 32.2. The van der Waals surface area contributed by atoms with Crippen molar-refractivity contribution in [3.63, 3.8) is 0 Å². The van der Waals surface area contributed by atoms with Crippen LogP contribution in [0, 0.1) is 0 Å². The normalized spacial score (nSPS) is 10.5. The number of hydrogen-bond acceptors (Lipinski definition) is 5. The van der Waals surface area contributed by atoms with Gasteiger partial charge in [-0.1, -0.05) is 0 Å². The van der Waals surface area contributed by atoms with Gasteiger partial charge in [0.15, 0.2) is 0 Å². The van der Waals surface area contributed by atoms with Crippen LogP contribution in [0.2, 0.25) is 0 Å². The zero-order valence-electron chi connectivity index (χ0n) is 7.07. The van der Waals surface area contributed by atoms with Crippen molar-refractivity contribution in [2.24, 2.45) is 0 Å². The monoisotopic (exact) mass is 260 g/mol. The molecule has 0 rings (SSSR count). The number of rotatable bonds is 9. The fourth-order valence-electron chi connectivity index (χ4n) is 0.569. The summed E-state index contributed by atoms with van der Waals surface area (Å²) in [6, 6.07) is 0. The molecule has 0 N–H and O–H groups in total. The third-order valence-corrected chi connectivity index (χ3v) is 5.31. The summed E-state index contributed by atoms with van der Waals surface area (Å²) in [5.74, 6) is 7.26. The topological polar surface area (TPSA) is 0 Å². The van der Waals surface area contributed by atoms with Crippen LogP contribution >= 0.6 is 60.5 Å². The molecule has 0 atom stereocenters. The van der Waals surface area contributed by atoms with Gasteiger partial charge < -0.3 is 0 Å². The summed E-state index contributed by atoms with van der Waals surface area (Å²) >= 11 is 14.2. The first-order valence-electron chi connectivity index (χ1n) is 3.86. The van der Waals surface area contributed by atoms with Gasteiger partial charge in [-0.3, -0.25) is 0 Å². The lowest BCUT2D eigenvalue weighted by Crippen LogP contribution is -1.91. The molecule has 0 bridgehead atoms. The molecule has 0 saturated heterocycles. The molecule has 0 aliphatic heterocycles. The first-order chi connectivity index (χ1) is 5.91. The molecule has 0 spiro atoms. The third kappa shape index (κ3) is 11.8. The van der Waals surface area contributed by atoms with Gasteiger partial charge in [0.25, 0.3) is 0 Å². The van der Waals surface area contributed by atoms with E-state index in [0.717, 1.165) is 10.8 Å². The molecular formula is C7H16S5. The van der Waals surface area contributed by atoms with Crippen LogP contribution in [0.15, 0.2) is 0 Å². The molecule has 0 radical (unpaired) electrons. The van der Waals surface area contributed by atoms with Gasteiger partial charge in [-0.15, -0.1) is 0 Å². The highest BCUT2D eigenvalue weighted by molar-refractivity contribution is 8.10. The van der Waals surface area contributed by atoms with E-state index < -0.39 is 0 Å². The fourth-order valence-corrected chi connectivity index (χ4v) is 3.90. The van der Waals surface area contributed by atoms with Gasteiger partial charge in [0.1, 0.15) is 0 Å². The Labute approximate surface area is 99.6 Å². The lowest BCUT2D eigenvalue weighted by Gasteiger charge is -1.99. The molecule has 0 amide bonds. The minimum absolute atomic E-state index is 0.953. The molecule has 0 aromatic heterocycles. The highest BCUT2D eigenvalue weighted by Gasteiger charge is 1.90. The van der Waals surface area contributed by atoms with Crippen molar-refractivity contribution in [2.45, 2.75) is 0 Å². The molecule has 0 aliphatic rings. The van der Waals surface area contributed by atoms with Crippen molar-refractivity contribution in [1.82, 2.24) is 0 Å². The van der Waals surface area contributed by atoms with Crippen LogP contribution in [-0.2, 0) is 0 Å². The fraction of sp³-hybridized carbons (Fsp3) is 1.00. The van der Waals surface area contributed by atoms with Gasteiger partial charge in [-0.05, 0) is 5.75 Å². The first-order valence-corrected chi connectivity index (χ1v) is 8.59. The van der Waals surface area contributed by atoms with E-state index in [2.05, 4.69) is 25.3 Å². The Bertz CT molecular complexity index is 68.2. The van der Waals surface area contributed by atoms with Crippen molar-refractivity contribution in [2.75, 3.05) is 39.6 Å². The Balaban J connectivity index is 2.73. The van der Waals surface area contributed by atoms with Gasteiger partial charge in [-0.2, -0.15) is 60.5 Å². The van der Waals surface area contributed by atoms with Crippen LogP contribution < -0.4 is 0 Å². The third-order valence-electron chi connectivity index (χ3n) is 1.07. The number of hydrogen-bond donors (Lipinski definition) is 2. The van der Waals surface area contributed by atoms with E-state index in [1.165, 1.54) is 28.8 Å². The van der Waals surface area contributed by atoms with Crippen molar-refractivity contribution >= 4 is 60.5 Å². The Hall–Kier alpha value is 1.75. The molecule has 5 heteroatoms. The molecule has 0 unspecified atom stereocenters. The van der Waals surface area contributed by atoms with Crippen LogP contribution in [0.1, 0.15) is 0 Å². The second-order valence-electron chi connectivity index (χ2n) is 1.99. The average Bonchev–Trinajstić information content (AvgIpc) is 2.10. The molecule has 74 valence electrons. The Morgan fingerprint density at radius 3 is 1.67 bits per heavy atom. The largest absolute Gasteiger partial charge is 0.179 e. The van der Waals surface area contributed by atoms with Crippen molar-refractivity contribution in [3.05, 3.63) is 0 Å². The summed E-state index contributed by atoms with van der Waals surface area (Å²) in [7, 11) is 0.